The van der Waals surface area contributed by atoms with Gasteiger partial charge in [0.1, 0.15) is 22.1 Å². The second-order valence-corrected chi connectivity index (χ2v) is 10.2. The van der Waals surface area contributed by atoms with Crippen LogP contribution in [0.3, 0.4) is 0 Å². The molecule has 162 valence electrons. The molecule has 0 atom stereocenters. The fourth-order valence-electron chi connectivity index (χ4n) is 3.34. The average molecular weight is 483 g/mol. The second-order valence-electron chi connectivity index (χ2n) is 7.09. The molecule has 0 unspecified atom stereocenters. The number of nitrogens with zero attached hydrogens (tertiary/aromatic N) is 5. The van der Waals surface area contributed by atoms with E-state index in [9.17, 15) is 4.79 Å². The number of H-pyrrole nitrogens is 1. The van der Waals surface area contributed by atoms with Gasteiger partial charge in [-0.3, -0.25) is 4.79 Å². The van der Waals surface area contributed by atoms with Crippen molar-refractivity contribution >= 4 is 44.7 Å². The Morgan fingerprint density at radius 3 is 2.88 bits per heavy atom. The summed E-state index contributed by atoms with van der Waals surface area (Å²) in [5.74, 6) is 1.67. The van der Waals surface area contributed by atoms with Gasteiger partial charge in [-0.05, 0) is 54.1 Å². The number of rotatable bonds is 6. The van der Waals surface area contributed by atoms with Crippen molar-refractivity contribution in [3.8, 4) is 21.9 Å². The van der Waals surface area contributed by atoms with Crippen molar-refractivity contribution in [2.75, 3.05) is 7.11 Å². The molecule has 0 radical (unpaired) electrons. The number of fused-ring (bicyclic) bond motifs is 1. The number of tetrazole rings is 1. The van der Waals surface area contributed by atoms with E-state index >= 15 is 0 Å². The van der Waals surface area contributed by atoms with Crippen LogP contribution in [0.15, 0.2) is 45.7 Å². The number of ether oxygens (including phenoxy) is 1. The van der Waals surface area contributed by atoms with Crippen molar-refractivity contribution in [3.63, 3.8) is 0 Å². The first-order chi connectivity index (χ1) is 15.5. The lowest BCUT2D eigenvalue weighted by atomic mass is 10.2. The molecule has 0 aliphatic heterocycles. The van der Waals surface area contributed by atoms with Crippen LogP contribution >= 0.6 is 34.4 Å². The molecule has 1 aromatic carbocycles. The maximum atomic E-state index is 12.9. The minimum atomic E-state index is -0.132. The number of aromatic nitrogens is 6. The van der Waals surface area contributed by atoms with Crippen molar-refractivity contribution in [2.45, 2.75) is 24.8 Å². The summed E-state index contributed by atoms with van der Waals surface area (Å²) >= 11 is 4.55. The summed E-state index contributed by atoms with van der Waals surface area (Å²) in [6.45, 7) is 4.05. The number of nitrogens with one attached hydrogen (secondary N) is 1. The quantitative estimate of drug-likeness (QED) is 0.353. The van der Waals surface area contributed by atoms with Gasteiger partial charge in [0.25, 0.3) is 5.56 Å². The molecular formula is C21H18N6O2S3. The third kappa shape index (κ3) is 3.83. The maximum absolute atomic E-state index is 12.9. The zero-order chi connectivity index (χ0) is 22.2. The Hall–Kier alpha value is -3.02. The zero-order valence-electron chi connectivity index (χ0n) is 17.4. The van der Waals surface area contributed by atoms with Gasteiger partial charge in [0, 0.05) is 20.7 Å². The number of methoxy groups -OCH3 is 1. The molecule has 0 saturated carbocycles. The first-order valence-electron chi connectivity index (χ1n) is 9.67. The number of hydrogen-bond acceptors (Lipinski definition) is 9. The summed E-state index contributed by atoms with van der Waals surface area (Å²) in [6.07, 6.45) is 0. The normalized spacial score (nSPS) is 11.3. The van der Waals surface area contributed by atoms with Gasteiger partial charge in [0.2, 0.25) is 5.16 Å². The molecule has 5 aromatic rings. The van der Waals surface area contributed by atoms with E-state index in [2.05, 4.69) is 38.5 Å². The van der Waals surface area contributed by atoms with Crippen molar-refractivity contribution in [1.82, 2.24) is 30.2 Å². The summed E-state index contributed by atoms with van der Waals surface area (Å²) in [4.78, 5) is 23.5. The molecule has 4 aromatic heterocycles. The highest BCUT2D eigenvalue weighted by Gasteiger charge is 2.17. The summed E-state index contributed by atoms with van der Waals surface area (Å²) in [7, 11) is 1.61. The summed E-state index contributed by atoms with van der Waals surface area (Å²) in [6, 6.07) is 9.92. The highest BCUT2D eigenvalue weighted by Crippen LogP contribution is 2.35. The fraction of sp³-hybridized carbons (Fsp3) is 0.190. The predicted molar refractivity (Wildman–Crippen MR) is 128 cm³/mol. The van der Waals surface area contributed by atoms with Crippen LogP contribution in [0.2, 0.25) is 0 Å². The van der Waals surface area contributed by atoms with E-state index in [-0.39, 0.29) is 5.56 Å². The Bertz CT molecular complexity index is 1480. The molecule has 0 amide bonds. The fourth-order valence-corrected chi connectivity index (χ4v) is 6.02. The number of benzene rings is 1. The van der Waals surface area contributed by atoms with Gasteiger partial charge in [-0.1, -0.05) is 17.8 Å². The molecule has 5 rings (SSSR count). The molecule has 11 heteroatoms. The number of aromatic amines is 1. The number of aryl methyl sites for hydroxylation is 2. The lowest BCUT2D eigenvalue weighted by Crippen LogP contribution is -2.11. The van der Waals surface area contributed by atoms with Crippen LogP contribution in [-0.4, -0.2) is 37.3 Å². The van der Waals surface area contributed by atoms with Gasteiger partial charge in [0.05, 0.1) is 18.2 Å². The van der Waals surface area contributed by atoms with Crippen molar-refractivity contribution in [3.05, 3.63) is 62.3 Å². The van der Waals surface area contributed by atoms with E-state index in [1.807, 2.05) is 36.6 Å². The van der Waals surface area contributed by atoms with E-state index in [0.29, 0.717) is 27.9 Å². The van der Waals surface area contributed by atoms with E-state index < -0.39 is 0 Å². The number of thiophene rings is 2. The first-order valence-corrected chi connectivity index (χ1v) is 12.3. The van der Waals surface area contributed by atoms with Crippen LogP contribution in [0.1, 0.15) is 16.3 Å². The maximum Gasteiger partial charge on any atom is 0.260 e. The van der Waals surface area contributed by atoms with E-state index in [0.717, 1.165) is 26.5 Å². The smallest absolute Gasteiger partial charge is 0.260 e. The Labute approximate surface area is 195 Å². The minimum absolute atomic E-state index is 0.132. The standard InChI is InChI=1S/C21H18N6O2S3/c1-11-4-6-15(29-3)14(8-11)27-21(24-25-26-27)31-10-17-22-19(28)18-13(9-30-20(18)23-17)16-7-5-12(2)32-16/h4-9H,10H2,1-3H3,(H,22,23,28). The van der Waals surface area contributed by atoms with E-state index in [1.54, 1.807) is 23.1 Å². The molecule has 0 bridgehead atoms. The summed E-state index contributed by atoms with van der Waals surface area (Å²) in [5.41, 5.74) is 2.63. The molecule has 0 aliphatic rings. The minimum Gasteiger partial charge on any atom is -0.494 e. The third-order valence-corrected chi connectivity index (χ3v) is 7.68. The Morgan fingerprint density at radius 1 is 1.22 bits per heavy atom. The lowest BCUT2D eigenvalue weighted by Gasteiger charge is -2.10. The lowest BCUT2D eigenvalue weighted by molar-refractivity contribution is 0.410. The van der Waals surface area contributed by atoms with Gasteiger partial charge in [-0.2, -0.15) is 4.68 Å². The second kappa shape index (κ2) is 8.49. The molecule has 8 nitrogen and oxygen atoms in total. The highest BCUT2D eigenvalue weighted by atomic mass is 32.2. The van der Waals surface area contributed by atoms with Crippen molar-refractivity contribution < 1.29 is 4.74 Å². The molecule has 32 heavy (non-hydrogen) atoms. The summed E-state index contributed by atoms with van der Waals surface area (Å²) < 4.78 is 7.10. The molecule has 4 heterocycles. The Kier molecular flexibility index (Phi) is 5.53. The van der Waals surface area contributed by atoms with Gasteiger partial charge in [0.15, 0.2) is 0 Å². The number of thioether (sulfide) groups is 1. The van der Waals surface area contributed by atoms with E-state index in [1.165, 1.54) is 28.0 Å². The van der Waals surface area contributed by atoms with Crippen LogP contribution in [0, 0.1) is 13.8 Å². The molecule has 0 spiro atoms. The van der Waals surface area contributed by atoms with Crippen LogP contribution in [0.4, 0.5) is 0 Å². The highest BCUT2D eigenvalue weighted by molar-refractivity contribution is 7.98. The third-order valence-electron chi connectivity index (χ3n) is 4.84. The van der Waals surface area contributed by atoms with Gasteiger partial charge in [-0.25, -0.2) is 4.98 Å². The molecule has 0 saturated heterocycles. The zero-order valence-corrected chi connectivity index (χ0v) is 19.9. The summed E-state index contributed by atoms with van der Waals surface area (Å²) in [5, 5.41) is 15.3. The van der Waals surface area contributed by atoms with Crippen molar-refractivity contribution in [2.24, 2.45) is 0 Å². The topological polar surface area (TPSA) is 98.6 Å². The van der Waals surface area contributed by atoms with Crippen LogP contribution in [0.25, 0.3) is 26.3 Å². The molecule has 0 aliphatic carbocycles. The monoisotopic (exact) mass is 482 g/mol. The van der Waals surface area contributed by atoms with E-state index in [4.69, 9.17) is 4.74 Å². The van der Waals surface area contributed by atoms with Crippen LogP contribution in [0.5, 0.6) is 5.75 Å². The largest absolute Gasteiger partial charge is 0.494 e. The first kappa shape index (κ1) is 20.9. The SMILES string of the molecule is COc1ccc(C)cc1-n1nnnc1SCc1nc2scc(-c3ccc(C)s3)c2c(=O)[nH]1. The Balaban J connectivity index is 1.43. The van der Waals surface area contributed by atoms with Gasteiger partial charge >= 0.3 is 0 Å². The molecule has 0 fully saturated rings. The Morgan fingerprint density at radius 2 is 2.09 bits per heavy atom. The van der Waals surface area contributed by atoms with Gasteiger partial charge < -0.3 is 9.72 Å². The van der Waals surface area contributed by atoms with Gasteiger partial charge in [-0.15, -0.1) is 27.8 Å². The van der Waals surface area contributed by atoms with Crippen molar-refractivity contribution in [1.29, 1.82) is 0 Å². The average Bonchev–Trinajstić information content (AvgIpc) is 3.51. The van der Waals surface area contributed by atoms with Crippen LogP contribution < -0.4 is 10.3 Å². The molecule has 1 N–H and O–H groups in total. The predicted octanol–water partition coefficient (Wildman–Crippen LogP) is 4.61. The number of hydrogen-bond donors (Lipinski definition) is 1. The molecular weight excluding hydrogens is 464 g/mol. The van der Waals surface area contributed by atoms with Crippen LogP contribution in [-0.2, 0) is 5.75 Å².